The van der Waals surface area contributed by atoms with Crippen molar-refractivity contribution in [3.8, 4) is 11.5 Å². The highest BCUT2D eigenvalue weighted by Gasteiger charge is 2.50. The number of nitrogens with one attached hydrogen (secondary N) is 2. The number of fused-ring (bicyclic) bond motifs is 1. The van der Waals surface area contributed by atoms with Gasteiger partial charge in [0.05, 0.1) is 14.2 Å². The molecule has 0 bridgehead atoms. The summed E-state index contributed by atoms with van der Waals surface area (Å²) in [5, 5.41) is 6.26. The van der Waals surface area contributed by atoms with Gasteiger partial charge in [-0.05, 0) is 82.4 Å². The third-order valence-corrected chi connectivity index (χ3v) is 7.45. The molecule has 2 aromatic rings. The van der Waals surface area contributed by atoms with Crippen LogP contribution in [0, 0.1) is 13.8 Å². The van der Waals surface area contributed by atoms with Crippen LogP contribution in [0.3, 0.4) is 0 Å². The Labute approximate surface area is 191 Å². The molecule has 1 aliphatic heterocycles. The van der Waals surface area contributed by atoms with E-state index in [0.717, 1.165) is 55.0 Å². The van der Waals surface area contributed by atoms with E-state index >= 15 is 0 Å². The first-order valence-corrected chi connectivity index (χ1v) is 11.4. The third kappa shape index (κ3) is 4.16. The highest BCUT2D eigenvalue weighted by atomic mass is 16.5. The Morgan fingerprint density at radius 3 is 2.56 bits per heavy atom. The Hall–Kier alpha value is -2.73. The number of hydrogen-bond acceptors (Lipinski definition) is 4. The lowest BCUT2D eigenvalue weighted by Crippen LogP contribution is -2.52. The molecule has 2 amide bonds. The van der Waals surface area contributed by atoms with Crippen molar-refractivity contribution in [1.82, 2.24) is 10.2 Å². The summed E-state index contributed by atoms with van der Waals surface area (Å²) in [6, 6.07) is 12.8. The van der Waals surface area contributed by atoms with Crippen LogP contribution in [0.4, 0.5) is 10.5 Å². The number of ether oxygens (including phenoxy) is 2. The molecule has 3 atom stereocenters. The largest absolute Gasteiger partial charge is 0.493 e. The monoisotopic (exact) mass is 437 g/mol. The number of aryl methyl sites for hydroxylation is 2. The normalized spacial score (nSPS) is 25.2. The van der Waals surface area contributed by atoms with Crippen molar-refractivity contribution in [2.75, 3.05) is 33.1 Å². The fraction of sp³-hybridized carbons (Fsp3) is 0.500. The van der Waals surface area contributed by atoms with Gasteiger partial charge in [0.25, 0.3) is 0 Å². The molecule has 1 aliphatic carbocycles. The van der Waals surface area contributed by atoms with Crippen molar-refractivity contribution in [2.24, 2.45) is 0 Å². The molecule has 2 aromatic carbocycles. The minimum Gasteiger partial charge on any atom is -0.493 e. The molecule has 172 valence electrons. The number of anilines is 1. The fourth-order valence-corrected chi connectivity index (χ4v) is 5.69. The van der Waals surface area contributed by atoms with Crippen molar-refractivity contribution >= 4 is 11.7 Å². The van der Waals surface area contributed by atoms with Crippen molar-refractivity contribution in [3.05, 3.63) is 53.1 Å². The summed E-state index contributed by atoms with van der Waals surface area (Å²) >= 11 is 0. The maximum Gasteiger partial charge on any atom is 0.319 e. The summed E-state index contributed by atoms with van der Waals surface area (Å²) in [7, 11) is 5.56. The van der Waals surface area contributed by atoms with Crippen LogP contribution in [0.1, 0.15) is 42.4 Å². The molecule has 4 rings (SSSR count). The lowest BCUT2D eigenvalue weighted by atomic mass is 9.65. The summed E-state index contributed by atoms with van der Waals surface area (Å²) in [6.07, 6.45) is 4.04. The van der Waals surface area contributed by atoms with Gasteiger partial charge in [-0.1, -0.05) is 23.8 Å². The summed E-state index contributed by atoms with van der Waals surface area (Å²) in [4.78, 5) is 15.2. The van der Waals surface area contributed by atoms with E-state index in [2.05, 4.69) is 47.7 Å². The van der Waals surface area contributed by atoms with Crippen LogP contribution in [0.25, 0.3) is 0 Å². The molecular weight excluding hydrogens is 402 g/mol. The maximum atomic E-state index is 12.7. The number of rotatable bonds is 5. The third-order valence-electron chi connectivity index (χ3n) is 7.45. The quantitative estimate of drug-likeness (QED) is 0.716. The first-order chi connectivity index (χ1) is 15.4. The highest BCUT2D eigenvalue weighted by Crippen LogP contribution is 2.49. The molecule has 2 N–H and O–H groups in total. The van der Waals surface area contributed by atoms with Gasteiger partial charge in [-0.3, -0.25) is 0 Å². The second-order valence-corrected chi connectivity index (χ2v) is 9.36. The van der Waals surface area contributed by atoms with Crippen LogP contribution >= 0.6 is 0 Å². The number of likely N-dealkylation sites (tertiary alicyclic amines) is 1. The van der Waals surface area contributed by atoms with E-state index in [4.69, 9.17) is 9.47 Å². The molecule has 2 aliphatic rings. The number of hydrogen-bond donors (Lipinski definition) is 2. The summed E-state index contributed by atoms with van der Waals surface area (Å²) in [5.41, 5.74) is 4.52. The van der Waals surface area contributed by atoms with E-state index in [-0.39, 0.29) is 17.5 Å². The van der Waals surface area contributed by atoms with Gasteiger partial charge in [-0.15, -0.1) is 0 Å². The van der Waals surface area contributed by atoms with Crippen LogP contribution < -0.4 is 20.1 Å². The lowest BCUT2D eigenvalue weighted by Gasteiger charge is -2.45. The predicted octanol–water partition coefficient (Wildman–Crippen LogP) is 4.64. The van der Waals surface area contributed by atoms with Crippen LogP contribution in [0.15, 0.2) is 36.4 Å². The molecule has 1 heterocycles. The topological polar surface area (TPSA) is 62.8 Å². The Balaban J connectivity index is 1.48. The summed E-state index contributed by atoms with van der Waals surface area (Å²) in [5.74, 6) is 1.54. The Morgan fingerprint density at radius 1 is 1.06 bits per heavy atom. The zero-order valence-electron chi connectivity index (χ0n) is 19.8. The number of carbonyl (C=O) groups excluding carboxylic acids is 1. The van der Waals surface area contributed by atoms with E-state index in [9.17, 15) is 4.79 Å². The van der Waals surface area contributed by atoms with E-state index in [1.165, 1.54) is 11.1 Å². The predicted molar refractivity (Wildman–Crippen MR) is 128 cm³/mol. The average Bonchev–Trinajstić information content (AvgIpc) is 3.12. The molecule has 1 saturated heterocycles. The molecule has 2 fully saturated rings. The van der Waals surface area contributed by atoms with Crippen molar-refractivity contribution in [3.63, 3.8) is 0 Å². The fourth-order valence-electron chi connectivity index (χ4n) is 5.69. The van der Waals surface area contributed by atoms with Crippen molar-refractivity contribution in [2.45, 2.75) is 57.0 Å². The molecule has 6 nitrogen and oxygen atoms in total. The maximum absolute atomic E-state index is 12.7. The van der Waals surface area contributed by atoms with Crippen LogP contribution in [-0.4, -0.2) is 50.8 Å². The average molecular weight is 438 g/mol. The first-order valence-electron chi connectivity index (χ1n) is 11.4. The number of benzene rings is 2. The van der Waals surface area contributed by atoms with E-state index in [1.54, 1.807) is 14.2 Å². The van der Waals surface area contributed by atoms with Crippen LogP contribution in [-0.2, 0) is 5.41 Å². The molecule has 6 heteroatoms. The number of likely N-dealkylation sites (N-methyl/N-ethyl adjacent to an activating group) is 1. The summed E-state index contributed by atoms with van der Waals surface area (Å²) < 4.78 is 11.0. The molecular formula is C26H35N3O3. The molecule has 0 aromatic heterocycles. The summed E-state index contributed by atoms with van der Waals surface area (Å²) in [6.45, 7) is 5.14. The van der Waals surface area contributed by atoms with Gasteiger partial charge in [0.1, 0.15) is 0 Å². The number of amides is 2. The Kier molecular flexibility index (Phi) is 6.33. The second-order valence-electron chi connectivity index (χ2n) is 9.36. The minimum absolute atomic E-state index is 0.0799. The number of methoxy groups -OCH3 is 2. The van der Waals surface area contributed by atoms with Gasteiger partial charge in [-0.25, -0.2) is 4.79 Å². The van der Waals surface area contributed by atoms with E-state index in [1.807, 2.05) is 25.1 Å². The van der Waals surface area contributed by atoms with Crippen LogP contribution in [0.5, 0.6) is 11.5 Å². The van der Waals surface area contributed by atoms with Crippen LogP contribution in [0.2, 0.25) is 0 Å². The van der Waals surface area contributed by atoms with Gasteiger partial charge >= 0.3 is 6.03 Å². The van der Waals surface area contributed by atoms with Gasteiger partial charge in [0, 0.05) is 23.2 Å². The Morgan fingerprint density at radius 2 is 1.84 bits per heavy atom. The number of carbonyl (C=O) groups is 1. The first kappa shape index (κ1) is 22.5. The molecule has 0 spiro atoms. The van der Waals surface area contributed by atoms with Gasteiger partial charge in [0.2, 0.25) is 0 Å². The highest BCUT2D eigenvalue weighted by molar-refractivity contribution is 5.90. The smallest absolute Gasteiger partial charge is 0.319 e. The second kappa shape index (κ2) is 9.02. The van der Waals surface area contributed by atoms with Crippen molar-refractivity contribution in [1.29, 1.82) is 0 Å². The zero-order chi connectivity index (χ0) is 22.9. The van der Waals surface area contributed by atoms with Gasteiger partial charge < -0.3 is 25.0 Å². The number of nitrogens with zero attached hydrogens (tertiary/aromatic N) is 1. The lowest BCUT2D eigenvalue weighted by molar-refractivity contribution is 0.156. The van der Waals surface area contributed by atoms with Gasteiger partial charge in [-0.2, -0.15) is 0 Å². The van der Waals surface area contributed by atoms with E-state index in [0.29, 0.717) is 6.04 Å². The molecule has 0 radical (unpaired) electrons. The molecule has 32 heavy (non-hydrogen) atoms. The molecule has 1 saturated carbocycles. The SMILES string of the molecule is COc1ccc([C@@]23CC[C@@H](NC(=O)Nc4ccc(C)cc4C)C[C@@H]2N(C)CC3)cc1OC. The molecule has 0 unspecified atom stereocenters. The number of urea groups is 1. The van der Waals surface area contributed by atoms with E-state index < -0.39 is 0 Å². The van der Waals surface area contributed by atoms with Crippen molar-refractivity contribution < 1.29 is 14.3 Å². The zero-order valence-corrected chi connectivity index (χ0v) is 19.8. The van der Waals surface area contributed by atoms with Gasteiger partial charge in [0.15, 0.2) is 11.5 Å². The standard InChI is InChI=1S/C26H35N3O3/c1-17-6-8-21(18(2)14-17)28-25(30)27-20-10-11-26(12-13-29(3)24(26)16-20)19-7-9-22(31-4)23(15-19)32-5/h6-9,14-15,20,24H,10-13,16H2,1-5H3,(H2,27,28,30)/t20-,24+,26+/m1/s1. The minimum atomic E-state index is -0.124. The Bertz CT molecular complexity index is 992.